The highest BCUT2D eigenvalue weighted by Gasteiger charge is 2.07. The maximum Gasteiger partial charge on any atom is 0.123 e. The third-order valence-corrected chi connectivity index (χ3v) is 2.40. The van der Waals surface area contributed by atoms with Gasteiger partial charge in [-0.3, -0.25) is 0 Å². The fraction of sp³-hybridized carbons (Fsp3) is 0.250. The molecule has 0 aliphatic heterocycles. The van der Waals surface area contributed by atoms with Crippen LogP contribution in [0.4, 0.5) is 4.39 Å². The van der Waals surface area contributed by atoms with Crippen LogP contribution in [0.1, 0.15) is 11.4 Å². The average Bonchev–Trinajstić information content (AvgIpc) is 2.70. The van der Waals surface area contributed by atoms with Gasteiger partial charge in [0.2, 0.25) is 0 Å². The molecule has 2 aromatic rings. The first-order chi connectivity index (χ1) is 7.74. The SMILES string of the molecule is NC(Cc1cccc(F)c1)Cc1ncc[nH]1. The molecule has 0 saturated heterocycles. The molecule has 0 aliphatic carbocycles. The van der Waals surface area contributed by atoms with Crippen molar-refractivity contribution in [2.75, 3.05) is 0 Å². The fourth-order valence-electron chi connectivity index (χ4n) is 1.70. The number of benzene rings is 1. The van der Waals surface area contributed by atoms with E-state index in [4.69, 9.17) is 5.73 Å². The van der Waals surface area contributed by atoms with E-state index in [-0.39, 0.29) is 11.9 Å². The van der Waals surface area contributed by atoms with Crippen molar-refractivity contribution < 1.29 is 4.39 Å². The Balaban J connectivity index is 1.94. The van der Waals surface area contributed by atoms with Gasteiger partial charge in [-0.25, -0.2) is 9.37 Å². The molecular formula is C12H14FN3. The van der Waals surface area contributed by atoms with Gasteiger partial charge in [0.15, 0.2) is 0 Å². The van der Waals surface area contributed by atoms with Crippen molar-refractivity contribution in [3.63, 3.8) is 0 Å². The molecule has 1 atom stereocenters. The van der Waals surface area contributed by atoms with Crippen LogP contribution in [0.25, 0.3) is 0 Å². The van der Waals surface area contributed by atoms with Crippen LogP contribution in [0.2, 0.25) is 0 Å². The van der Waals surface area contributed by atoms with E-state index in [1.165, 1.54) is 12.1 Å². The lowest BCUT2D eigenvalue weighted by Gasteiger charge is -2.09. The molecule has 0 fully saturated rings. The molecular weight excluding hydrogens is 205 g/mol. The predicted molar refractivity (Wildman–Crippen MR) is 60.4 cm³/mol. The largest absolute Gasteiger partial charge is 0.349 e. The molecule has 1 aromatic carbocycles. The van der Waals surface area contributed by atoms with E-state index in [1.807, 2.05) is 6.07 Å². The third-order valence-electron chi connectivity index (χ3n) is 2.40. The van der Waals surface area contributed by atoms with Crippen LogP contribution in [-0.4, -0.2) is 16.0 Å². The van der Waals surface area contributed by atoms with E-state index in [1.54, 1.807) is 18.5 Å². The quantitative estimate of drug-likeness (QED) is 0.821. The molecule has 0 saturated carbocycles. The van der Waals surface area contributed by atoms with E-state index in [0.717, 1.165) is 11.4 Å². The Kier molecular flexibility index (Phi) is 3.31. The summed E-state index contributed by atoms with van der Waals surface area (Å²) in [6.07, 6.45) is 4.79. The number of nitrogens with one attached hydrogen (secondary N) is 1. The molecule has 0 amide bonds. The maximum atomic E-state index is 12.9. The Morgan fingerprint density at radius 1 is 1.38 bits per heavy atom. The molecule has 4 heteroatoms. The van der Waals surface area contributed by atoms with Crippen molar-refractivity contribution in [2.45, 2.75) is 18.9 Å². The molecule has 0 bridgehead atoms. The van der Waals surface area contributed by atoms with Gasteiger partial charge in [-0.05, 0) is 24.1 Å². The molecule has 0 aliphatic rings. The highest BCUT2D eigenvalue weighted by Crippen LogP contribution is 2.07. The first-order valence-electron chi connectivity index (χ1n) is 5.22. The van der Waals surface area contributed by atoms with Crippen LogP contribution in [0, 0.1) is 5.82 Å². The van der Waals surface area contributed by atoms with Gasteiger partial charge in [-0.15, -0.1) is 0 Å². The van der Waals surface area contributed by atoms with Crippen molar-refractivity contribution in [3.8, 4) is 0 Å². The van der Waals surface area contributed by atoms with Gasteiger partial charge in [0, 0.05) is 24.9 Å². The number of halogens is 1. The summed E-state index contributed by atoms with van der Waals surface area (Å²) in [6.45, 7) is 0. The summed E-state index contributed by atoms with van der Waals surface area (Å²) in [5.41, 5.74) is 6.88. The Morgan fingerprint density at radius 3 is 2.94 bits per heavy atom. The van der Waals surface area contributed by atoms with Gasteiger partial charge in [-0.1, -0.05) is 12.1 Å². The second-order valence-electron chi connectivity index (χ2n) is 3.83. The lowest BCUT2D eigenvalue weighted by Crippen LogP contribution is -2.26. The van der Waals surface area contributed by atoms with Crippen LogP contribution < -0.4 is 5.73 Å². The van der Waals surface area contributed by atoms with E-state index in [0.29, 0.717) is 12.8 Å². The third kappa shape index (κ3) is 2.90. The summed E-state index contributed by atoms with van der Waals surface area (Å²) in [5.74, 6) is 0.645. The number of H-pyrrole nitrogens is 1. The van der Waals surface area contributed by atoms with Gasteiger partial charge in [0.25, 0.3) is 0 Å². The van der Waals surface area contributed by atoms with Gasteiger partial charge in [-0.2, -0.15) is 0 Å². The van der Waals surface area contributed by atoms with Crippen molar-refractivity contribution in [1.82, 2.24) is 9.97 Å². The molecule has 0 radical (unpaired) electrons. The number of imidazole rings is 1. The number of hydrogen-bond donors (Lipinski definition) is 2. The molecule has 1 aromatic heterocycles. The molecule has 1 heterocycles. The Bertz CT molecular complexity index is 439. The van der Waals surface area contributed by atoms with Crippen LogP contribution in [0.3, 0.4) is 0 Å². The average molecular weight is 219 g/mol. The number of aromatic nitrogens is 2. The molecule has 84 valence electrons. The summed E-state index contributed by atoms with van der Waals surface area (Å²) in [4.78, 5) is 7.11. The van der Waals surface area contributed by atoms with Crippen molar-refractivity contribution >= 4 is 0 Å². The summed E-state index contributed by atoms with van der Waals surface area (Å²) in [6, 6.07) is 6.48. The maximum absolute atomic E-state index is 12.9. The molecule has 16 heavy (non-hydrogen) atoms. The highest BCUT2D eigenvalue weighted by atomic mass is 19.1. The van der Waals surface area contributed by atoms with Crippen molar-refractivity contribution in [1.29, 1.82) is 0 Å². The monoisotopic (exact) mass is 219 g/mol. The second kappa shape index (κ2) is 4.90. The normalized spacial score (nSPS) is 12.6. The lowest BCUT2D eigenvalue weighted by molar-refractivity contribution is 0.615. The van der Waals surface area contributed by atoms with Crippen LogP contribution in [0.15, 0.2) is 36.7 Å². The second-order valence-corrected chi connectivity index (χ2v) is 3.83. The minimum absolute atomic E-state index is 0.0482. The topological polar surface area (TPSA) is 54.7 Å². The van der Waals surface area contributed by atoms with Gasteiger partial charge in [0.05, 0.1) is 0 Å². The number of nitrogens with two attached hydrogens (primary N) is 1. The molecule has 1 unspecified atom stereocenters. The van der Waals surface area contributed by atoms with E-state index in [2.05, 4.69) is 9.97 Å². The van der Waals surface area contributed by atoms with Crippen molar-refractivity contribution in [2.24, 2.45) is 5.73 Å². The zero-order valence-corrected chi connectivity index (χ0v) is 8.86. The molecule has 0 spiro atoms. The van der Waals surface area contributed by atoms with Crippen LogP contribution >= 0.6 is 0 Å². The molecule has 2 rings (SSSR count). The first-order valence-corrected chi connectivity index (χ1v) is 5.22. The minimum Gasteiger partial charge on any atom is -0.349 e. The number of nitrogens with zero attached hydrogens (tertiary/aromatic N) is 1. The lowest BCUT2D eigenvalue weighted by atomic mass is 10.0. The van der Waals surface area contributed by atoms with E-state index in [9.17, 15) is 4.39 Å². The summed E-state index contributed by atoms with van der Waals surface area (Å²) >= 11 is 0. The highest BCUT2D eigenvalue weighted by molar-refractivity contribution is 5.17. The summed E-state index contributed by atoms with van der Waals surface area (Å²) < 4.78 is 12.9. The summed E-state index contributed by atoms with van der Waals surface area (Å²) in [7, 11) is 0. The Hall–Kier alpha value is -1.68. The van der Waals surface area contributed by atoms with E-state index >= 15 is 0 Å². The number of aromatic amines is 1. The van der Waals surface area contributed by atoms with Gasteiger partial charge in [0.1, 0.15) is 11.6 Å². The van der Waals surface area contributed by atoms with E-state index < -0.39 is 0 Å². The Morgan fingerprint density at radius 2 is 2.25 bits per heavy atom. The van der Waals surface area contributed by atoms with Gasteiger partial charge >= 0.3 is 0 Å². The number of rotatable bonds is 4. The zero-order chi connectivity index (χ0) is 11.4. The standard InChI is InChI=1S/C12H14FN3/c13-10-3-1-2-9(6-10)7-11(14)8-12-15-4-5-16-12/h1-6,11H,7-8,14H2,(H,15,16). The minimum atomic E-state index is -0.220. The van der Waals surface area contributed by atoms with Gasteiger partial charge < -0.3 is 10.7 Å². The van der Waals surface area contributed by atoms with Crippen molar-refractivity contribution in [3.05, 3.63) is 53.9 Å². The predicted octanol–water partition coefficient (Wildman–Crippen LogP) is 1.66. The van der Waals surface area contributed by atoms with Crippen LogP contribution in [0.5, 0.6) is 0 Å². The zero-order valence-electron chi connectivity index (χ0n) is 8.86. The van der Waals surface area contributed by atoms with Crippen LogP contribution in [-0.2, 0) is 12.8 Å². The first kappa shape index (κ1) is 10.8. The summed E-state index contributed by atoms with van der Waals surface area (Å²) in [5, 5.41) is 0. The Labute approximate surface area is 93.5 Å². The fourth-order valence-corrected chi connectivity index (χ4v) is 1.70. The molecule has 3 N–H and O–H groups in total. The smallest absolute Gasteiger partial charge is 0.123 e. The molecule has 3 nitrogen and oxygen atoms in total. The number of hydrogen-bond acceptors (Lipinski definition) is 2.